The molecule has 0 radical (unpaired) electrons. The molecule has 19 aromatic carbocycles. The van der Waals surface area contributed by atoms with Crippen molar-refractivity contribution in [3.63, 3.8) is 0 Å². The Morgan fingerprint density at radius 3 is 0.980 bits per heavy atom. The Labute approximate surface area is 866 Å². The molecule has 8 bridgehead atoms. The smallest absolute Gasteiger partial charge is 0.119 e. The number of allylic oxidation sites excluding steroid dienone is 4. The van der Waals surface area contributed by atoms with Crippen LogP contribution in [0.25, 0.3) is 175 Å². The number of aromatic nitrogens is 4. The van der Waals surface area contributed by atoms with Gasteiger partial charge in [-0.2, -0.15) is 0 Å². The maximum atomic E-state index is 6.87. The van der Waals surface area contributed by atoms with Crippen molar-refractivity contribution in [2.45, 2.75) is 140 Å². The minimum absolute atomic E-state index is 0.378. The largest absolute Gasteiger partial charge is 0.489 e. The number of aromatic amines is 2. The number of fused-ring (bicyclic) bond motifs is 12. The van der Waals surface area contributed by atoms with Crippen LogP contribution < -0.4 is 14.5 Å². The molecule has 0 atom stereocenters. The van der Waals surface area contributed by atoms with Crippen LogP contribution in [-0.2, 0) is 68.2 Å². The summed E-state index contributed by atoms with van der Waals surface area (Å²) in [5.74, 6) is 0.791. The molecule has 0 aliphatic carbocycles. The lowest BCUT2D eigenvalue weighted by atomic mass is 9.86. The summed E-state index contributed by atoms with van der Waals surface area (Å²) in [6, 6.07) is 147. The molecule has 0 fully saturated rings. The second-order valence-corrected chi connectivity index (χ2v) is 39.3. The van der Waals surface area contributed by atoms with Crippen LogP contribution >= 0.6 is 0 Å². The SMILES string of the molecule is CCC1=C(CC)c2cc3[nH]c(c(CC)c3CC)c(-c3ccc(OCc4ccc(N(c5ccccc5)c5cc6ccc(N(c7ccc(COCc8ccc(-c9c%10ccccc%10c(-c%10ccccc%10)c%10ccccc9%10)cc8)cc7)c7ccc(COCc8ccc(-c9c%10ccccc%10c(-c%10ccccc%10)c%10ccccc9%10)cc8)cc7)c7ccc8cccc5c8c67)cc4)cc3)c3nc(cc4[nH]c(cc1n2)c(CC)c4CC)C(CC)=C3CC. The number of anilines is 6. The molecule has 24 rings (SSSR count). The number of nitrogens with zero attached hydrogens (tertiary/aromatic N) is 4. The van der Waals surface area contributed by atoms with Crippen molar-refractivity contribution >= 4 is 154 Å². The van der Waals surface area contributed by atoms with E-state index in [-0.39, 0.29) is 0 Å². The van der Waals surface area contributed by atoms with E-state index in [0.717, 1.165) is 191 Å². The highest BCUT2D eigenvalue weighted by molar-refractivity contribution is 6.30. The zero-order valence-corrected chi connectivity index (χ0v) is 85.3. The summed E-state index contributed by atoms with van der Waals surface area (Å²) in [5.41, 5.74) is 43.0. The second kappa shape index (κ2) is 40.6. The number of para-hydroxylation sites is 1. The predicted octanol–water partition coefficient (Wildman–Crippen LogP) is 37.8. The Bertz CT molecular complexity index is 8690. The van der Waals surface area contributed by atoms with Crippen molar-refractivity contribution < 1.29 is 14.2 Å². The molecule has 0 unspecified atom stereocenters. The number of aryl methyl sites for hydroxylation is 4. The minimum Gasteiger partial charge on any atom is -0.489 e. The van der Waals surface area contributed by atoms with Gasteiger partial charge in [-0.05, 0) is 329 Å². The van der Waals surface area contributed by atoms with E-state index < -0.39 is 0 Å². The topological polar surface area (TPSA) is 91.5 Å². The normalized spacial score (nSPS) is 12.3. The van der Waals surface area contributed by atoms with Gasteiger partial charge < -0.3 is 34.0 Å². The summed E-state index contributed by atoms with van der Waals surface area (Å²) in [6.07, 6.45) is 7.06. The predicted molar refractivity (Wildman–Crippen MR) is 624 cm³/mol. The van der Waals surface area contributed by atoms with Gasteiger partial charge in [0.1, 0.15) is 12.4 Å². The van der Waals surface area contributed by atoms with Gasteiger partial charge >= 0.3 is 0 Å². The number of hydrogen-bond donors (Lipinski definition) is 2. The fourth-order valence-corrected chi connectivity index (χ4v) is 24.0. The third-order valence-electron chi connectivity index (χ3n) is 30.9. The quantitative estimate of drug-likeness (QED) is 0.0342. The maximum absolute atomic E-state index is 6.87. The number of benzene rings is 19. The van der Waals surface area contributed by atoms with Crippen molar-refractivity contribution in [1.29, 1.82) is 0 Å². The van der Waals surface area contributed by atoms with Crippen LogP contribution in [0, 0.1) is 0 Å². The number of hydrogen-bond acceptors (Lipinski definition) is 7. The van der Waals surface area contributed by atoms with Crippen LogP contribution in [0.4, 0.5) is 34.1 Å². The highest BCUT2D eigenvalue weighted by Crippen LogP contribution is 2.53. The highest BCUT2D eigenvalue weighted by atomic mass is 16.5. The van der Waals surface area contributed by atoms with Crippen molar-refractivity contribution in [2.24, 2.45) is 0 Å². The zero-order valence-electron chi connectivity index (χ0n) is 85.3. The number of nitrogens with one attached hydrogen (secondary N) is 2. The Morgan fingerprint density at radius 2 is 0.554 bits per heavy atom. The molecule has 2 aliphatic rings. The number of H-pyrrole nitrogens is 2. The van der Waals surface area contributed by atoms with Crippen molar-refractivity contribution in [3.05, 3.63) is 473 Å². The van der Waals surface area contributed by atoms with Crippen LogP contribution in [0.3, 0.4) is 0 Å². The summed E-state index contributed by atoms with van der Waals surface area (Å²) < 4.78 is 20.2. The molecule has 0 amide bonds. The molecule has 9 heteroatoms. The van der Waals surface area contributed by atoms with Gasteiger partial charge in [0.25, 0.3) is 0 Å². The van der Waals surface area contributed by atoms with Gasteiger partial charge in [0.05, 0.1) is 66.1 Å². The summed E-state index contributed by atoms with van der Waals surface area (Å²) >= 11 is 0. The van der Waals surface area contributed by atoms with E-state index in [2.05, 4.69) is 476 Å². The molecule has 2 aliphatic heterocycles. The first kappa shape index (κ1) is 93.5. The Balaban J connectivity index is 0.533. The number of rotatable bonds is 30. The fourth-order valence-electron chi connectivity index (χ4n) is 24.0. The second-order valence-electron chi connectivity index (χ2n) is 39.3. The van der Waals surface area contributed by atoms with Crippen LogP contribution in [0.2, 0.25) is 0 Å². The van der Waals surface area contributed by atoms with Gasteiger partial charge in [-0.1, -0.05) is 365 Å². The molecular formula is C139H118N6O3. The molecule has 2 N–H and O–H groups in total. The first-order valence-corrected chi connectivity index (χ1v) is 53.0. The monoisotopic (exact) mass is 1920 g/mol. The lowest BCUT2D eigenvalue weighted by molar-refractivity contribution is 0.107. The van der Waals surface area contributed by atoms with E-state index in [9.17, 15) is 0 Å². The Hall–Kier alpha value is -16.8. The van der Waals surface area contributed by atoms with Gasteiger partial charge in [-0.15, -0.1) is 0 Å². The lowest BCUT2D eigenvalue weighted by Crippen LogP contribution is -2.12. The van der Waals surface area contributed by atoms with Crippen LogP contribution in [0.5, 0.6) is 5.75 Å². The molecule has 0 spiro atoms. The molecule has 9 nitrogen and oxygen atoms in total. The van der Waals surface area contributed by atoms with E-state index in [1.54, 1.807) is 0 Å². The van der Waals surface area contributed by atoms with Crippen LogP contribution in [0.1, 0.15) is 154 Å². The standard InChI is InChI=1S/C139H118N6O3/c1-9-105-107(11-3)125-81-127-109(13-5)111(15-7)138(142-127)137(139-112(16-8)110(14-6)128(143-139)82-126-108(12-4)106(10-2)124(141-126)80-123(105)140-125)98-65-75-104(76-66-98)148-87-92-59-73-103(74-60-92)145(100-40-24-19-25-41-100)130-79-99-68-78-129(122-77-67-95-39-34-50-121(130)135(95)136(99)122)144(101-69-55-90(56-70-101)85-146-83-88-51-61-96(62-52-88)133-117-46-30-26-42-113(117)131(93-35-20-17-21-36-93)114-43-27-31-47-118(114)133)102-71-57-91(58-72-102)86-147-84-89-53-63-97(64-54-89)134-119-48-32-28-44-115(119)132(94-37-22-18-23-38-94)116-45-29-33-49-120(116)134/h17-82,140,143H,9-16,83-87H2,1-8H3. The first-order valence-electron chi connectivity index (χ1n) is 53.0. The molecule has 722 valence electrons. The van der Waals surface area contributed by atoms with Gasteiger partial charge in [0.15, 0.2) is 0 Å². The van der Waals surface area contributed by atoms with Crippen molar-refractivity contribution in [2.75, 3.05) is 9.80 Å². The van der Waals surface area contributed by atoms with Crippen molar-refractivity contribution in [1.82, 2.24) is 19.9 Å². The fraction of sp³-hybridized carbons (Fsp3) is 0.151. The Kier molecular flexibility index (Phi) is 25.7. The average Bonchev–Trinajstić information content (AvgIpc) is 1.01. The molecule has 5 heterocycles. The molecule has 22 aromatic rings. The molecular weight excluding hydrogens is 1800 g/mol. The van der Waals surface area contributed by atoms with E-state index >= 15 is 0 Å². The average molecular weight is 1920 g/mol. The minimum atomic E-state index is 0.378. The molecule has 148 heavy (non-hydrogen) atoms. The maximum Gasteiger partial charge on any atom is 0.119 e. The molecule has 0 saturated heterocycles. The Morgan fingerprint density at radius 1 is 0.230 bits per heavy atom. The van der Waals surface area contributed by atoms with Gasteiger partial charge in [-0.25, -0.2) is 9.97 Å². The summed E-state index contributed by atoms with van der Waals surface area (Å²) in [6.45, 7) is 20.5. The van der Waals surface area contributed by atoms with Crippen LogP contribution in [-0.4, -0.2) is 19.9 Å². The van der Waals surface area contributed by atoms with Gasteiger partial charge in [0.2, 0.25) is 0 Å². The summed E-state index contributed by atoms with van der Waals surface area (Å²) in [7, 11) is 0. The van der Waals surface area contributed by atoms with Gasteiger partial charge in [-0.3, -0.25) is 0 Å². The first-order chi connectivity index (χ1) is 73.0. The van der Waals surface area contributed by atoms with Crippen molar-refractivity contribution in [3.8, 4) is 61.4 Å². The lowest BCUT2D eigenvalue weighted by Gasteiger charge is -2.30. The van der Waals surface area contributed by atoms with Crippen LogP contribution in [0.15, 0.2) is 400 Å². The molecule has 0 saturated carbocycles. The molecule has 3 aromatic heterocycles. The summed E-state index contributed by atoms with van der Waals surface area (Å²) in [4.78, 5) is 24.3. The van der Waals surface area contributed by atoms with E-state index in [1.165, 1.54) is 148 Å². The number of ether oxygens (including phenoxy) is 3. The third kappa shape index (κ3) is 17.1. The van der Waals surface area contributed by atoms with E-state index in [4.69, 9.17) is 24.2 Å². The van der Waals surface area contributed by atoms with E-state index in [0.29, 0.717) is 33.0 Å². The van der Waals surface area contributed by atoms with Gasteiger partial charge in [0, 0.05) is 55.6 Å². The highest BCUT2D eigenvalue weighted by Gasteiger charge is 2.30. The third-order valence-corrected chi connectivity index (χ3v) is 30.9. The van der Waals surface area contributed by atoms with E-state index in [1.807, 2.05) is 0 Å². The summed E-state index contributed by atoms with van der Waals surface area (Å²) in [5, 5.41) is 17.0. The zero-order chi connectivity index (χ0) is 100.0.